The normalized spacial score (nSPS) is 14.2. The molecule has 0 aromatic heterocycles. The number of sulfonamides is 1. The number of halogens is 1. The first-order valence-corrected chi connectivity index (χ1v) is 12.1. The topological polar surface area (TPSA) is 87.2 Å². The van der Waals surface area contributed by atoms with E-state index < -0.39 is 22.1 Å². The summed E-state index contributed by atoms with van der Waals surface area (Å²) < 4.78 is 32.8. The average molecular weight is 480 g/mol. The standard InChI is InChI=1S/C22H26ClN3O5S/c1-3-31-22(28)25-14-12-24(13-15-25)21(27)26(16-18-6-4-5-7-20(18)23)32(29,30)19-10-8-17(2)9-11-19/h4-11H,3,12-16H2,1-2H3. The third kappa shape index (κ3) is 5.34. The van der Waals surface area contributed by atoms with Crippen molar-refractivity contribution >= 4 is 33.7 Å². The highest BCUT2D eigenvalue weighted by Crippen LogP contribution is 2.24. The van der Waals surface area contributed by atoms with Crippen molar-refractivity contribution in [3.8, 4) is 0 Å². The molecule has 32 heavy (non-hydrogen) atoms. The maximum Gasteiger partial charge on any atom is 0.409 e. The number of nitrogens with zero attached hydrogens (tertiary/aromatic N) is 3. The fraction of sp³-hybridized carbons (Fsp3) is 0.364. The van der Waals surface area contributed by atoms with E-state index in [-0.39, 0.29) is 44.2 Å². The second-order valence-corrected chi connectivity index (χ2v) is 9.64. The van der Waals surface area contributed by atoms with E-state index in [1.807, 2.05) is 6.92 Å². The number of rotatable bonds is 5. The zero-order valence-corrected chi connectivity index (χ0v) is 19.6. The van der Waals surface area contributed by atoms with Gasteiger partial charge in [-0.25, -0.2) is 22.3 Å². The maximum atomic E-state index is 13.5. The Morgan fingerprint density at radius 3 is 2.19 bits per heavy atom. The van der Waals surface area contributed by atoms with E-state index in [1.54, 1.807) is 43.3 Å². The largest absolute Gasteiger partial charge is 0.450 e. The summed E-state index contributed by atoms with van der Waals surface area (Å²) in [7, 11) is -4.14. The number of hydrogen-bond acceptors (Lipinski definition) is 5. The highest BCUT2D eigenvalue weighted by Gasteiger charge is 2.35. The van der Waals surface area contributed by atoms with Crippen LogP contribution in [0.1, 0.15) is 18.1 Å². The lowest BCUT2D eigenvalue weighted by Crippen LogP contribution is -2.54. The summed E-state index contributed by atoms with van der Waals surface area (Å²) in [6, 6.07) is 12.5. The molecule has 0 aliphatic carbocycles. The van der Waals surface area contributed by atoms with E-state index in [9.17, 15) is 18.0 Å². The monoisotopic (exact) mass is 479 g/mol. The molecule has 0 radical (unpaired) electrons. The van der Waals surface area contributed by atoms with Gasteiger partial charge in [0.15, 0.2) is 0 Å². The molecule has 172 valence electrons. The van der Waals surface area contributed by atoms with Crippen LogP contribution in [-0.4, -0.2) is 67.4 Å². The van der Waals surface area contributed by atoms with Crippen LogP contribution in [0, 0.1) is 6.92 Å². The van der Waals surface area contributed by atoms with Gasteiger partial charge >= 0.3 is 12.1 Å². The molecule has 3 rings (SSSR count). The van der Waals surface area contributed by atoms with E-state index in [0.717, 1.165) is 9.87 Å². The number of carbonyl (C=O) groups is 2. The van der Waals surface area contributed by atoms with Crippen molar-refractivity contribution in [2.24, 2.45) is 0 Å². The van der Waals surface area contributed by atoms with Gasteiger partial charge in [-0.2, -0.15) is 0 Å². The highest BCUT2D eigenvalue weighted by molar-refractivity contribution is 7.89. The Morgan fingerprint density at radius 2 is 1.59 bits per heavy atom. The fourth-order valence-electron chi connectivity index (χ4n) is 3.33. The van der Waals surface area contributed by atoms with Gasteiger partial charge in [-0.15, -0.1) is 0 Å². The van der Waals surface area contributed by atoms with Crippen LogP contribution in [0.4, 0.5) is 9.59 Å². The van der Waals surface area contributed by atoms with Crippen LogP contribution in [0.3, 0.4) is 0 Å². The second kappa shape index (κ2) is 10.2. The first-order chi connectivity index (χ1) is 15.2. The molecule has 1 fully saturated rings. The second-order valence-electron chi connectivity index (χ2n) is 7.37. The number of piperazine rings is 1. The molecule has 2 aromatic rings. The number of urea groups is 1. The lowest BCUT2D eigenvalue weighted by Gasteiger charge is -2.36. The van der Waals surface area contributed by atoms with Crippen molar-refractivity contribution in [2.75, 3.05) is 32.8 Å². The first kappa shape index (κ1) is 23.9. The van der Waals surface area contributed by atoms with E-state index in [4.69, 9.17) is 16.3 Å². The van der Waals surface area contributed by atoms with Crippen molar-refractivity contribution in [2.45, 2.75) is 25.3 Å². The molecule has 0 N–H and O–H groups in total. The maximum absolute atomic E-state index is 13.5. The third-order valence-electron chi connectivity index (χ3n) is 5.17. The van der Waals surface area contributed by atoms with Crippen LogP contribution in [0.15, 0.2) is 53.4 Å². The molecule has 1 aliphatic rings. The molecule has 10 heteroatoms. The number of carbonyl (C=O) groups excluding carboxylic acids is 2. The zero-order chi connectivity index (χ0) is 23.3. The Morgan fingerprint density at radius 1 is 1.00 bits per heavy atom. The van der Waals surface area contributed by atoms with Gasteiger partial charge in [-0.05, 0) is 37.6 Å². The number of amides is 3. The summed E-state index contributed by atoms with van der Waals surface area (Å²) in [6.45, 7) is 4.54. The molecule has 0 unspecified atom stereocenters. The van der Waals surface area contributed by atoms with Crippen LogP contribution in [0.25, 0.3) is 0 Å². The average Bonchev–Trinajstić information content (AvgIpc) is 2.78. The summed E-state index contributed by atoms with van der Waals surface area (Å²) >= 11 is 6.25. The Labute approximate surface area is 193 Å². The predicted molar refractivity (Wildman–Crippen MR) is 121 cm³/mol. The first-order valence-electron chi connectivity index (χ1n) is 10.3. The van der Waals surface area contributed by atoms with Crippen molar-refractivity contribution in [3.63, 3.8) is 0 Å². The minimum atomic E-state index is -4.14. The molecule has 1 aliphatic heterocycles. The van der Waals surface area contributed by atoms with Crippen molar-refractivity contribution in [3.05, 3.63) is 64.7 Å². The summed E-state index contributed by atoms with van der Waals surface area (Å²) in [6.07, 6.45) is -0.445. The minimum absolute atomic E-state index is 0.0219. The molecule has 0 bridgehead atoms. The van der Waals surface area contributed by atoms with Crippen LogP contribution >= 0.6 is 11.6 Å². The minimum Gasteiger partial charge on any atom is -0.450 e. The van der Waals surface area contributed by atoms with Gasteiger partial charge in [-0.3, -0.25) is 0 Å². The zero-order valence-electron chi connectivity index (χ0n) is 18.0. The Bertz CT molecular complexity index is 1070. The summed E-state index contributed by atoms with van der Waals surface area (Å²) in [4.78, 5) is 28.3. The van der Waals surface area contributed by atoms with Crippen LogP contribution in [0.5, 0.6) is 0 Å². The molecule has 1 heterocycles. The molecule has 0 spiro atoms. The Kier molecular flexibility index (Phi) is 7.63. The molecular weight excluding hydrogens is 454 g/mol. The van der Waals surface area contributed by atoms with E-state index >= 15 is 0 Å². The van der Waals surface area contributed by atoms with Gasteiger partial charge in [-0.1, -0.05) is 47.5 Å². The van der Waals surface area contributed by atoms with Crippen LogP contribution in [-0.2, 0) is 21.3 Å². The quantitative estimate of drug-likeness (QED) is 0.652. The fourth-order valence-corrected chi connectivity index (χ4v) is 4.89. The van der Waals surface area contributed by atoms with Gasteiger partial charge < -0.3 is 14.5 Å². The number of hydrogen-bond donors (Lipinski definition) is 0. The summed E-state index contributed by atoms with van der Waals surface area (Å²) in [5, 5.41) is 0.372. The van der Waals surface area contributed by atoms with E-state index in [2.05, 4.69) is 0 Å². The van der Waals surface area contributed by atoms with Crippen molar-refractivity contribution in [1.29, 1.82) is 0 Å². The Hall–Kier alpha value is -2.78. The molecule has 0 atom stereocenters. The molecule has 3 amide bonds. The smallest absolute Gasteiger partial charge is 0.409 e. The van der Waals surface area contributed by atoms with Crippen LogP contribution < -0.4 is 0 Å². The van der Waals surface area contributed by atoms with Gasteiger partial charge in [0, 0.05) is 31.2 Å². The summed E-state index contributed by atoms with van der Waals surface area (Å²) in [5.41, 5.74) is 1.42. The van der Waals surface area contributed by atoms with Crippen LogP contribution in [0.2, 0.25) is 5.02 Å². The van der Waals surface area contributed by atoms with Gasteiger partial charge in [0.05, 0.1) is 18.0 Å². The molecule has 0 saturated carbocycles. The van der Waals surface area contributed by atoms with Gasteiger partial charge in [0.1, 0.15) is 0 Å². The van der Waals surface area contributed by atoms with E-state index in [0.29, 0.717) is 10.6 Å². The predicted octanol–water partition coefficient (Wildman–Crippen LogP) is 3.73. The number of benzene rings is 2. The molecule has 8 nitrogen and oxygen atoms in total. The molecule has 2 aromatic carbocycles. The lowest BCUT2D eigenvalue weighted by atomic mass is 10.2. The Balaban J connectivity index is 1.87. The van der Waals surface area contributed by atoms with Gasteiger partial charge in [0.25, 0.3) is 10.0 Å². The third-order valence-corrected chi connectivity index (χ3v) is 7.27. The lowest BCUT2D eigenvalue weighted by molar-refractivity contribution is 0.0822. The molecule has 1 saturated heterocycles. The molecular formula is C22H26ClN3O5S. The van der Waals surface area contributed by atoms with Gasteiger partial charge in [0.2, 0.25) is 0 Å². The van der Waals surface area contributed by atoms with Crippen molar-refractivity contribution in [1.82, 2.24) is 14.1 Å². The highest BCUT2D eigenvalue weighted by atomic mass is 35.5. The number of ether oxygens (including phenoxy) is 1. The van der Waals surface area contributed by atoms with Crippen molar-refractivity contribution < 1.29 is 22.7 Å². The summed E-state index contributed by atoms with van der Waals surface area (Å²) in [5.74, 6) is 0. The SMILES string of the molecule is CCOC(=O)N1CCN(C(=O)N(Cc2ccccc2Cl)S(=O)(=O)c2ccc(C)cc2)CC1. The van der Waals surface area contributed by atoms with E-state index in [1.165, 1.54) is 21.9 Å². The number of aryl methyl sites for hydroxylation is 1.